The van der Waals surface area contributed by atoms with Crippen LogP contribution in [0.15, 0.2) is 30.3 Å². The molecule has 1 rings (SSSR count). The molecule has 8 heteroatoms. The maximum absolute atomic E-state index is 13.0. The first-order valence-corrected chi connectivity index (χ1v) is 11.3. The van der Waals surface area contributed by atoms with Gasteiger partial charge in [-0.15, -0.1) is 12.4 Å². The predicted octanol–water partition coefficient (Wildman–Crippen LogP) is 2.05. The molecule has 0 bridgehead atoms. The molecule has 1 amide bonds. The second-order valence-electron chi connectivity index (χ2n) is 8.09. The first-order valence-electron chi connectivity index (χ1n) is 9.44. The highest BCUT2D eigenvalue weighted by molar-refractivity contribution is 7.92. The summed E-state index contributed by atoms with van der Waals surface area (Å²) in [4.78, 5) is 12.3. The van der Waals surface area contributed by atoms with Crippen LogP contribution in [0.5, 0.6) is 0 Å². The molecule has 0 spiro atoms. The van der Waals surface area contributed by atoms with E-state index in [1.54, 1.807) is 6.92 Å². The van der Waals surface area contributed by atoms with E-state index in [1.807, 2.05) is 51.1 Å². The van der Waals surface area contributed by atoms with Crippen LogP contribution in [0.25, 0.3) is 0 Å². The molecule has 162 valence electrons. The van der Waals surface area contributed by atoms with E-state index in [4.69, 9.17) is 11.5 Å². The molecule has 6 nitrogen and oxygen atoms in total. The lowest BCUT2D eigenvalue weighted by Crippen LogP contribution is -2.74. The molecule has 0 saturated carbocycles. The largest absolute Gasteiger partial charge is 0.368 e. The van der Waals surface area contributed by atoms with Crippen molar-refractivity contribution in [2.45, 2.75) is 63.3 Å². The van der Waals surface area contributed by atoms with Crippen molar-refractivity contribution in [3.05, 3.63) is 35.9 Å². The van der Waals surface area contributed by atoms with Crippen molar-refractivity contribution in [2.75, 3.05) is 12.8 Å². The van der Waals surface area contributed by atoms with Crippen molar-refractivity contribution in [3.8, 4) is 0 Å². The van der Waals surface area contributed by atoms with Gasteiger partial charge in [-0.3, -0.25) is 4.79 Å². The fourth-order valence-corrected chi connectivity index (χ4v) is 5.25. The first-order chi connectivity index (χ1) is 12.4. The minimum atomic E-state index is -3.74. The van der Waals surface area contributed by atoms with E-state index in [0.29, 0.717) is 25.8 Å². The number of carbonyl (C=O) groups is 1. The number of benzene rings is 1. The number of amides is 1. The van der Waals surface area contributed by atoms with Crippen LogP contribution in [0, 0.1) is 5.92 Å². The first kappa shape index (κ1) is 26.9. The molecular weight excluding hydrogens is 398 g/mol. The van der Waals surface area contributed by atoms with Gasteiger partial charge in [0.05, 0.1) is 0 Å². The second kappa shape index (κ2) is 10.6. The lowest BCUT2D eigenvalue weighted by atomic mass is 9.73. The number of nitrogens with one attached hydrogen (secondary N) is 1. The highest BCUT2D eigenvalue weighted by Crippen LogP contribution is 2.38. The maximum Gasteiger partial charge on any atom is 0.236 e. The minimum Gasteiger partial charge on any atom is -0.368 e. The Balaban J connectivity index is 0.00000729. The van der Waals surface area contributed by atoms with Gasteiger partial charge in [-0.2, -0.15) is 0 Å². The Morgan fingerprint density at radius 1 is 1.21 bits per heavy atom. The van der Waals surface area contributed by atoms with E-state index in [0.717, 1.165) is 11.8 Å². The molecule has 0 saturated heterocycles. The Morgan fingerprint density at radius 2 is 1.75 bits per heavy atom. The number of hydrogen-bond acceptors (Lipinski definition) is 5. The fraction of sp³-hybridized carbons (Fsp3) is 0.650. The molecule has 0 aliphatic heterocycles. The Kier molecular flexibility index (Phi) is 10.1. The molecule has 0 aliphatic carbocycles. The van der Waals surface area contributed by atoms with Gasteiger partial charge in [0.1, 0.15) is 10.8 Å². The van der Waals surface area contributed by atoms with Crippen LogP contribution >= 0.6 is 12.4 Å². The smallest absolute Gasteiger partial charge is 0.236 e. The zero-order chi connectivity index (χ0) is 20.9. The summed E-state index contributed by atoms with van der Waals surface area (Å²) in [7, 11) is -3.74. The quantitative estimate of drug-likeness (QED) is 0.494. The van der Waals surface area contributed by atoms with Gasteiger partial charge in [0.15, 0.2) is 9.84 Å². The summed E-state index contributed by atoms with van der Waals surface area (Å²) in [6.07, 6.45) is 2.60. The van der Waals surface area contributed by atoms with E-state index < -0.39 is 32.1 Å². The number of sulfone groups is 1. The van der Waals surface area contributed by atoms with E-state index in [2.05, 4.69) is 5.32 Å². The normalized spacial score (nSPS) is 17.2. The van der Waals surface area contributed by atoms with Crippen LogP contribution in [-0.4, -0.2) is 43.5 Å². The zero-order valence-electron chi connectivity index (χ0n) is 17.6. The Hall–Kier alpha value is -1.15. The van der Waals surface area contributed by atoms with Gasteiger partial charge in [0.25, 0.3) is 0 Å². The van der Waals surface area contributed by atoms with E-state index in [-0.39, 0.29) is 18.3 Å². The van der Waals surface area contributed by atoms with Crippen molar-refractivity contribution < 1.29 is 13.2 Å². The van der Waals surface area contributed by atoms with Gasteiger partial charge >= 0.3 is 0 Å². The number of carbonyl (C=O) groups excluding carboxylic acids is 1. The average molecular weight is 434 g/mol. The standard InChI is InChI=1S/C20H35N3O3S.ClH/c1-6-12-20(22,13-16-10-8-7-9-11-16)19(4,27(5,25)26)17(18(21)24)23-14-15(2)3;/h7-11,15,17,23H,6,12-14,22H2,1-5H3,(H2,21,24);1H/t17-,19?,20?;/m0./s1. The predicted molar refractivity (Wildman–Crippen MR) is 118 cm³/mol. The third-order valence-electron chi connectivity index (χ3n) is 5.38. The average Bonchev–Trinajstić information content (AvgIpc) is 2.54. The van der Waals surface area contributed by atoms with Gasteiger partial charge in [-0.25, -0.2) is 8.42 Å². The summed E-state index contributed by atoms with van der Waals surface area (Å²) in [5, 5.41) is 3.08. The van der Waals surface area contributed by atoms with Gasteiger partial charge in [0.2, 0.25) is 5.91 Å². The third kappa shape index (κ3) is 5.92. The topological polar surface area (TPSA) is 115 Å². The van der Waals surface area contributed by atoms with Gasteiger partial charge in [-0.05, 0) is 37.8 Å². The number of rotatable bonds is 11. The number of halogens is 1. The lowest BCUT2D eigenvalue weighted by molar-refractivity contribution is -0.121. The Labute approximate surface area is 176 Å². The summed E-state index contributed by atoms with van der Waals surface area (Å²) >= 11 is 0. The van der Waals surface area contributed by atoms with Crippen LogP contribution in [-0.2, 0) is 21.1 Å². The Bertz CT molecular complexity index is 727. The van der Waals surface area contributed by atoms with Crippen molar-refractivity contribution in [3.63, 3.8) is 0 Å². The SMILES string of the molecule is CCCC(N)(Cc1ccccc1)C(C)([C@@H](NCC(C)C)C(N)=O)S(C)(=O)=O.Cl. The zero-order valence-corrected chi connectivity index (χ0v) is 19.2. The van der Waals surface area contributed by atoms with Crippen LogP contribution in [0.3, 0.4) is 0 Å². The summed E-state index contributed by atoms with van der Waals surface area (Å²) in [5.41, 5.74) is 12.3. The summed E-state index contributed by atoms with van der Waals surface area (Å²) in [5.74, 6) is -0.481. The molecule has 1 aromatic rings. The van der Waals surface area contributed by atoms with Crippen LogP contribution in [0.2, 0.25) is 0 Å². The van der Waals surface area contributed by atoms with E-state index >= 15 is 0 Å². The maximum atomic E-state index is 13.0. The molecule has 0 fully saturated rings. The molecule has 2 unspecified atom stereocenters. The van der Waals surface area contributed by atoms with E-state index in [1.165, 1.54) is 0 Å². The second-order valence-corrected chi connectivity index (χ2v) is 10.5. The molecule has 3 atom stereocenters. The molecular formula is C20H36ClN3O3S. The summed E-state index contributed by atoms with van der Waals surface area (Å²) < 4.78 is 24.5. The molecule has 5 N–H and O–H groups in total. The van der Waals surface area contributed by atoms with E-state index in [9.17, 15) is 13.2 Å². The van der Waals surface area contributed by atoms with Crippen molar-refractivity contribution in [2.24, 2.45) is 17.4 Å². The molecule has 0 radical (unpaired) electrons. The van der Waals surface area contributed by atoms with Gasteiger partial charge in [0, 0.05) is 11.8 Å². The highest BCUT2D eigenvalue weighted by atomic mass is 35.5. The third-order valence-corrected chi connectivity index (χ3v) is 7.57. The summed E-state index contributed by atoms with van der Waals surface area (Å²) in [6, 6.07) is 8.43. The van der Waals surface area contributed by atoms with Gasteiger partial charge < -0.3 is 16.8 Å². The monoisotopic (exact) mass is 433 g/mol. The molecule has 1 aromatic carbocycles. The number of hydrogen-bond donors (Lipinski definition) is 3. The fourth-order valence-electron chi connectivity index (χ4n) is 3.71. The minimum absolute atomic E-state index is 0. The van der Waals surface area contributed by atoms with Crippen LogP contribution in [0.1, 0.15) is 46.1 Å². The molecule has 0 aliphatic rings. The van der Waals surface area contributed by atoms with Crippen molar-refractivity contribution >= 4 is 28.2 Å². The molecule has 0 heterocycles. The number of nitrogens with two attached hydrogens (primary N) is 2. The highest BCUT2D eigenvalue weighted by Gasteiger charge is 2.58. The molecule has 28 heavy (non-hydrogen) atoms. The van der Waals surface area contributed by atoms with Crippen molar-refractivity contribution in [1.82, 2.24) is 5.32 Å². The Morgan fingerprint density at radius 3 is 2.14 bits per heavy atom. The van der Waals surface area contributed by atoms with Crippen LogP contribution in [0.4, 0.5) is 0 Å². The van der Waals surface area contributed by atoms with Gasteiger partial charge in [-0.1, -0.05) is 57.5 Å². The molecule has 0 aromatic heterocycles. The van der Waals surface area contributed by atoms with Crippen LogP contribution < -0.4 is 16.8 Å². The van der Waals surface area contributed by atoms with Crippen molar-refractivity contribution in [1.29, 1.82) is 0 Å². The number of primary amides is 1. The lowest BCUT2D eigenvalue weighted by Gasteiger charge is -2.49. The summed E-state index contributed by atoms with van der Waals surface area (Å²) in [6.45, 7) is 7.94.